The van der Waals surface area contributed by atoms with Crippen LogP contribution in [0, 0.1) is 5.92 Å². The van der Waals surface area contributed by atoms with Crippen molar-refractivity contribution in [2.24, 2.45) is 5.92 Å². The summed E-state index contributed by atoms with van der Waals surface area (Å²) in [5, 5.41) is 0. The number of hydrogen-bond donors (Lipinski definition) is 0. The molecule has 0 fully saturated rings. The molecule has 0 radical (unpaired) electrons. The third-order valence-corrected chi connectivity index (χ3v) is 2.83. The molecule has 0 heterocycles. The summed E-state index contributed by atoms with van der Waals surface area (Å²) < 4.78 is 9.81. The highest BCUT2D eigenvalue weighted by atomic mass is 16.5. The zero-order valence-corrected chi connectivity index (χ0v) is 10.9. The topological polar surface area (TPSA) is 69.7 Å². The molecule has 0 saturated carbocycles. The number of carbonyl (C=O) groups excluding carboxylic acids is 3. The molecule has 0 spiro atoms. The Morgan fingerprint density at radius 1 is 1.28 bits per heavy atom. The Hall–Kier alpha value is -1.65. The van der Waals surface area contributed by atoms with Crippen molar-refractivity contribution in [3.63, 3.8) is 0 Å². The van der Waals surface area contributed by atoms with Gasteiger partial charge in [-0.2, -0.15) is 0 Å². The van der Waals surface area contributed by atoms with Crippen molar-refractivity contribution in [2.45, 2.75) is 39.7 Å². The third kappa shape index (κ3) is 4.31. The van der Waals surface area contributed by atoms with Gasteiger partial charge in [0.2, 0.25) is 0 Å². The molecule has 1 aliphatic rings. The fourth-order valence-electron chi connectivity index (χ4n) is 1.96. The first-order valence-corrected chi connectivity index (χ1v) is 5.90. The second-order valence-corrected chi connectivity index (χ2v) is 4.48. The minimum absolute atomic E-state index is 0.208. The van der Waals surface area contributed by atoms with E-state index in [4.69, 9.17) is 4.74 Å². The Bertz CT molecular complexity index is 383. The summed E-state index contributed by atoms with van der Waals surface area (Å²) >= 11 is 0. The van der Waals surface area contributed by atoms with E-state index in [0.29, 0.717) is 6.42 Å². The SMILES string of the molecule is CC(=O)OCC(=O)[C@@H]1CCC(C)=C[C@@H]1OC(C)=O. The van der Waals surface area contributed by atoms with Gasteiger partial charge in [-0.25, -0.2) is 0 Å². The second kappa shape index (κ2) is 6.33. The van der Waals surface area contributed by atoms with E-state index >= 15 is 0 Å². The molecule has 0 bridgehead atoms. The van der Waals surface area contributed by atoms with Crippen molar-refractivity contribution in [2.75, 3.05) is 6.61 Å². The van der Waals surface area contributed by atoms with Crippen molar-refractivity contribution in [1.82, 2.24) is 0 Å². The Morgan fingerprint density at radius 2 is 1.94 bits per heavy atom. The maximum atomic E-state index is 11.9. The lowest BCUT2D eigenvalue weighted by Crippen LogP contribution is -2.35. The molecule has 1 aliphatic carbocycles. The zero-order valence-electron chi connectivity index (χ0n) is 10.9. The van der Waals surface area contributed by atoms with E-state index in [1.54, 1.807) is 6.08 Å². The number of carbonyl (C=O) groups is 3. The third-order valence-electron chi connectivity index (χ3n) is 2.83. The highest BCUT2D eigenvalue weighted by Gasteiger charge is 2.32. The molecule has 0 aromatic rings. The summed E-state index contributed by atoms with van der Waals surface area (Å²) in [6.45, 7) is 4.24. The minimum atomic E-state index is -0.542. The number of esters is 2. The summed E-state index contributed by atoms with van der Waals surface area (Å²) in [6.07, 6.45) is 2.65. The average Bonchev–Trinajstić information content (AvgIpc) is 2.25. The van der Waals surface area contributed by atoms with Gasteiger partial charge in [-0.1, -0.05) is 5.57 Å². The molecule has 5 nitrogen and oxygen atoms in total. The standard InChI is InChI=1S/C13H18O5/c1-8-4-5-11(12(16)7-17-9(2)14)13(6-8)18-10(3)15/h6,11,13H,4-5,7H2,1-3H3/t11-,13-/m0/s1. The molecule has 100 valence electrons. The van der Waals surface area contributed by atoms with Gasteiger partial charge in [-0.3, -0.25) is 14.4 Å². The largest absolute Gasteiger partial charge is 0.458 e. The van der Waals surface area contributed by atoms with Crippen LogP contribution in [0.1, 0.15) is 33.6 Å². The number of rotatable bonds is 4. The van der Waals surface area contributed by atoms with Crippen LogP contribution in [0.3, 0.4) is 0 Å². The number of hydrogen-bond acceptors (Lipinski definition) is 5. The number of ketones is 1. The first-order chi connectivity index (χ1) is 8.40. The molecular formula is C13H18O5. The smallest absolute Gasteiger partial charge is 0.303 e. The lowest BCUT2D eigenvalue weighted by atomic mass is 9.85. The molecule has 5 heteroatoms. The van der Waals surface area contributed by atoms with Crippen molar-refractivity contribution in [3.8, 4) is 0 Å². The van der Waals surface area contributed by atoms with E-state index in [1.165, 1.54) is 13.8 Å². The summed E-state index contributed by atoms with van der Waals surface area (Å²) in [5.41, 5.74) is 1.10. The number of ether oxygens (including phenoxy) is 2. The fraction of sp³-hybridized carbons (Fsp3) is 0.615. The van der Waals surface area contributed by atoms with Gasteiger partial charge >= 0.3 is 11.9 Å². The molecule has 2 atom stereocenters. The van der Waals surface area contributed by atoms with Crippen molar-refractivity contribution in [1.29, 1.82) is 0 Å². The van der Waals surface area contributed by atoms with Crippen LogP contribution in [0.2, 0.25) is 0 Å². The van der Waals surface area contributed by atoms with E-state index < -0.39 is 24.0 Å². The lowest BCUT2D eigenvalue weighted by Gasteiger charge is -2.27. The Labute approximate surface area is 106 Å². The molecule has 0 aromatic heterocycles. The molecule has 0 aliphatic heterocycles. The van der Waals surface area contributed by atoms with Crippen LogP contribution >= 0.6 is 0 Å². The predicted octanol–water partition coefficient (Wildman–Crippen LogP) is 1.41. The molecule has 0 unspecified atom stereocenters. The van der Waals surface area contributed by atoms with Crippen molar-refractivity contribution >= 4 is 17.7 Å². The molecule has 18 heavy (non-hydrogen) atoms. The van der Waals surface area contributed by atoms with Gasteiger partial charge in [0.1, 0.15) is 12.7 Å². The van der Waals surface area contributed by atoms with Gasteiger partial charge in [-0.15, -0.1) is 0 Å². The predicted molar refractivity (Wildman–Crippen MR) is 63.7 cm³/mol. The van der Waals surface area contributed by atoms with Crippen molar-refractivity contribution in [3.05, 3.63) is 11.6 Å². The van der Waals surface area contributed by atoms with Gasteiger partial charge in [0.05, 0.1) is 5.92 Å². The average molecular weight is 254 g/mol. The van der Waals surface area contributed by atoms with E-state index in [1.807, 2.05) is 6.92 Å². The molecule has 0 aromatic carbocycles. The second-order valence-electron chi connectivity index (χ2n) is 4.48. The van der Waals surface area contributed by atoms with E-state index in [2.05, 4.69) is 4.74 Å². The van der Waals surface area contributed by atoms with Gasteiger partial charge in [0, 0.05) is 13.8 Å². The van der Waals surface area contributed by atoms with Crippen LogP contribution in [-0.4, -0.2) is 30.4 Å². The Morgan fingerprint density at radius 3 is 2.50 bits per heavy atom. The van der Waals surface area contributed by atoms with Gasteiger partial charge in [-0.05, 0) is 25.8 Å². The summed E-state index contributed by atoms with van der Waals surface area (Å²) in [4.78, 5) is 33.6. The Balaban J connectivity index is 2.69. The Kier molecular flexibility index (Phi) is 5.07. The molecule has 0 N–H and O–H groups in total. The monoisotopic (exact) mass is 254 g/mol. The normalized spacial score (nSPS) is 22.9. The van der Waals surface area contributed by atoms with Crippen molar-refractivity contribution < 1.29 is 23.9 Å². The van der Waals surface area contributed by atoms with Crippen LogP contribution in [0.4, 0.5) is 0 Å². The first kappa shape index (κ1) is 14.4. The molecule has 1 rings (SSSR count). The van der Waals surface area contributed by atoms with Gasteiger partial charge in [0.25, 0.3) is 0 Å². The van der Waals surface area contributed by atoms with Gasteiger partial charge in [0.15, 0.2) is 5.78 Å². The van der Waals surface area contributed by atoms with Crippen LogP contribution in [0.25, 0.3) is 0 Å². The molecule has 0 amide bonds. The zero-order chi connectivity index (χ0) is 13.7. The van der Waals surface area contributed by atoms with Crippen LogP contribution in [0.5, 0.6) is 0 Å². The van der Waals surface area contributed by atoms with E-state index in [9.17, 15) is 14.4 Å². The molecule has 0 saturated heterocycles. The van der Waals surface area contributed by atoms with E-state index in [-0.39, 0.29) is 12.4 Å². The maximum absolute atomic E-state index is 11.9. The highest BCUT2D eigenvalue weighted by molar-refractivity contribution is 5.85. The quantitative estimate of drug-likeness (QED) is 0.560. The number of allylic oxidation sites excluding steroid dienone is 1. The summed E-state index contributed by atoms with van der Waals surface area (Å²) in [5.74, 6) is -1.54. The van der Waals surface area contributed by atoms with E-state index in [0.717, 1.165) is 12.0 Å². The van der Waals surface area contributed by atoms with Crippen LogP contribution in [-0.2, 0) is 23.9 Å². The lowest BCUT2D eigenvalue weighted by molar-refractivity contribution is -0.153. The minimum Gasteiger partial charge on any atom is -0.458 e. The summed E-state index contributed by atoms with van der Waals surface area (Å²) in [6, 6.07) is 0. The first-order valence-electron chi connectivity index (χ1n) is 5.90. The number of Topliss-reactive ketones (excluding diaryl/α,β-unsaturated/α-hetero) is 1. The molecular weight excluding hydrogens is 236 g/mol. The fourth-order valence-corrected chi connectivity index (χ4v) is 1.96. The maximum Gasteiger partial charge on any atom is 0.303 e. The highest BCUT2D eigenvalue weighted by Crippen LogP contribution is 2.27. The summed E-state index contributed by atoms with van der Waals surface area (Å²) in [7, 11) is 0. The van der Waals surface area contributed by atoms with Crippen LogP contribution < -0.4 is 0 Å². The van der Waals surface area contributed by atoms with Gasteiger partial charge < -0.3 is 9.47 Å². The van der Waals surface area contributed by atoms with Crippen LogP contribution in [0.15, 0.2) is 11.6 Å².